The van der Waals surface area contributed by atoms with Gasteiger partial charge in [-0.15, -0.1) is 0 Å². The van der Waals surface area contributed by atoms with Crippen molar-refractivity contribution in [2.75, 3.05) is 13.2 Å². The SMILES string of the molecule is CC(C)(Br)C(=O)OCCN1C(=O)C2C(C1=O)C1OC13C=CC23. The summed E-state index contributed by atoms with van der Waals surface area (Å²) in [5.74, 6) is -1.39. The number of alkyl halides is 1. The van der Waals surface area contributed by atoms with Gasteiger partial charge in [0.05, 0.1) is 18.4 Å². The van der Waals surface area contributed by atoms with E-state index >= 15 is 0 Å². The molecule has 2 aliphatic heterocycles. The van der Waals surface area contributed by atoms with Crippen LogP contribution in [0.15, 0.2) is 12.2 Å². The molecule has 6 nitrogen and oxygen atoms in total. The molecule has 1 spiro atoms. The highest BCUT2D eigenvalue weighted by atomic mass is 79.9. The number of halogens is 1. The molecule has 3 fully saturated rings. The van der Waals surface area contributed by atoms with Gasteiger partial charge in [0.1, 0.15) is 22.6 Å². The first-order valence-electron chi connectivity index (χ1n) is 7.36. The van der Waals surface area contributed by atoms with Crippen molar-refractivity contribution >= 4 is 33.7 Å². The molecule has 0 N–H and O–H groups in total. The molecule has 0 aromatic carbocycles. The smallest absolute Gasteiger partial charge is 0.322 e. The van der Waals surface area contributed by atoms with Gasteiger partial charge in [-0.2, -0.15) is 0 Å². The summed E-state index contributed by atoms with van der Waals surface area (Å²) in [4.78, 5) is 37.9. The zero-order valence-corrected chi connectivity index (χ0v) is 13.8. The Bertz CT molecular complexity index is 624. The van der Waals surface area contributed by atoms with Crippen molar-refractivity contribution in [1.82, 2.24) is 4.90 Å². The van der Waals surface area contributed by atoms with Crippen molar-refractivity contribution < 1.29 is 23.9 Å². The van der Waals surface area contributed by atoms with E-state index in [4.69, 9.17) is 9.47 Å². The number of carbonyl (C=O) groups is 3. The Morgan fingerprint density at radius 1 is 1.41 bits per heavy atom. The molecule has 7 heteroatoms. The molecule has 2 saturated heterocycles. The van der Waals surface area contributed by atoms with E-state index in [0.29, 0.717) is 0 Å². The summed E-state index contributed by atoms with van der Waals surface area (Å²) in [6.07, 6.45) is 3.79. The summed E-state index contributed by atoms with van der Waals surface area (Å²) in [5.41, 5.74) is -0.320. The molecule has 118 valence electrons. The molecular formula is C15H16BrNO5. The van der Waals surface area contributed by atoms with Crippen LogP contribution in [-0.4, -0.2) is 51.9 Å². The van der Waals surface area contributed by atoms with Gasteiger partial charge in [-0.3, -0.25) is 19.3 Å². The number of imide groups is 1. The Hall–Kier alpha value is -1.21. The number of fused-ring (bicyclic) bond motifs is 3. The van der Waals surface area contributed by atoms with Crippen molar-refractivity contribution in [2.45, 2.75) is 29.9 Å². The van der Waals surface area contributed by atoms with Crippen LogP contribution in [0.5, 0.6) is 0 Å². The number of nitrogens with zero attached hydrogens (tertiary/aromatic N) is 1. The molecule has 2 amide bonds. The molecule has 22 heavy (non-hydrogen) atoms. The Morgan fingerprint density at radius 3 is 2.68 bits per heavy atom. The van der Waals surface area contributed by atoms with Crippen LogP contribution >= 0.6 is 15.9 Å². The van der Waals surface area contributed by atoms with Gasteiger partial charge in [-0.1, -0.05) is 28.1 Å². The number of epoxide rings is 1. The second-order valence-corrected chi connectivity index (χ2v) is 8.75. The van der Waals surface area contributed by atoms with E-state index in [2.05, 4.69) is 15.9 Å². The molecule has 4 aliphatic rings. The Morgan fingerprint density at radius 2 is 2.09 bits per heavy atom. The van der Waals surface area contributed by atoms with Gasteiger partial charge >= 0.3 is 5.97 Å². The van der Waals surface area contributed by atoms with Gasteiger partial charge in [0.15, 0.2) is 0 Å². The Kier molecular flexibility index (Phi) is 2.75. The summed E-state index contributed by atoms with van der Waals surface area (Å²) in [5, 5.41) is 0. The number of hydrogen-bond donors (Lipinski definition) is 0. The molecule has 5 atom stereocenters. The monoisotopic (exact) mass is 369 g/mol. The second kappa shape index (κ2) is 4.20. The quantitative estimate of drug-likeness (QED) is 0.239. The maximum atomic E-state index is 12.5. The number of hydrogen-bond acceptors (Lipinski definition) is 5. The minimum Gasteiger partial charge on any atom is -0.463 e. The van der Waals surface area contributed by atoms with Crippen LogP contribution in [0.2, 0.25) is 0 Å². The number of ether oxygens (including phenoxy) is 2. The summed E-state index contributed by atoms with van der Waals surface area (Å²) in [6.45, 7) is 3.48. The van der Waals surface area contributed by atoms with Crippen molar-refractivity contribution in [2.24, 2.45) is 17.8 Å². The fourth-order valence-corrected chi connectivity index (χ4v) is 3.95. The van der Waals surface area contributed by atoms with E-state index in [0.717, 1.165) is 0 Å². The number of carbonyl (C=O) groups excluding carboxylic acids is 3. The molecule has 0 aromatic rings. The summed E-state index contributed by atoms with van der Waals surface area (Å²) in [7, 11) is 0. The minimum absolute atomic E-state index is 0.0158. The van der Waals surface area contributed by atoms with Crippen LogP contribution < -0.4 is 0 Å². The van der Waals surface area contributed by atoms with Crippen LogP contribution in [0.25, 0.3) is 0 Å². The van der Waals surface area contributed by atoms with Gasteiger partial charge in [-0.05, 0) is 13.8 Å². The van der Waals surface area contributed by atoms with E-state index in [1.807, 2.05) is 12.2 Å². The lowest BCUT2D eigenvalue weighted by Crippen LogP contribution is -2.40. The number of rotatable bonds is 4. The van der Waals surface area contributed by atoms with Gasteiger partial charge < -0.3 is 9.47 Å². The fourth-order valence-electron chi connectivity index (χ4n) is 3.83. The Balaban J connectivity index is 1.40. The Labute approximate surface area is 135 Å². The fraction of sp³-hybridized carbons (Fsp3) is 0.667. The van der Waals surface area contributed by atoms with Crippen molar-refractivity contribution in [3.63, 3.8) is 0 Å². The summed E-state index contributed by atoms with van der Waals surface area (Å²) >= 11 is 3.21. The molecule has 2 aliphatic carbocycles. The molecule has 0 bridgehead atoms. The summed E-state index contributed by atoms with van der Waals surface area (Å²) in [6, 6.07) is 0. The van der Waals surface area contributed by atoms with E-state index < -0.39 is 10.3 Å². The van der Waals surface area contributed by atoms with E-state index in [1.54, 1.807) is 13.8 Å². The molecule has 4 rings (SSSR count). The first-order valence-corrected chi connectivity index (χ1v) is 8.15. The minimum atomic E-state index is -0.777. The average molecular weight is 370 g/mol. The van der Waals surface area contributed by atoms with Crippen LogP contribution in [0.3, 0.4) is 0 Å². The number of esters is 1. The van der Waals surface area contributed by atoms with Crippen molar-refractivity contribution in [3.8, 4) is 0 Å². The molecule has 2 heterocycles. The largest absolute Gasteiger partial charge is 0.463 e. The normalized spacial score (nSPS) is 41.0. The van der Waals surface area contributed by atoms with E-state index in [-0.39, 0.29) is 54.4 Å². The molecule has 0 radical (unpaired) electrons. The van der Waals surface area contributed by atoms with Crippen LogP contribution in [-0.2, 0) is 23.9 Å². The highest BCUT2D eigenvalue weighted by Gasteiger charge is 2.80. The first-order chi connectivity index (χ1) is 10.3. The number of likely N-dealkylation sites (tertiary alicyclic amines) is 1. The van der Waals surface area contributed by atoms with Gasteiger partial charge in [0.2, 0.25) is 11.8 Å². The van der Waals surface area contributed by atoms with Gasteiger partial charge in [0.25, 0.3) is 0 Å². The number of amides is 2. The molecular weight excluding hydrogens is 354 g/mol. The highest BCUT2D eigenvalue weighted by Crippen LogP contribution is 2.67. The zero-order valence-electron chi connectivity index (χ0n) is 12.2. The topological polar surface area (TPSA) is 76.2 Å². The average Bonchev–Trinajstić information content (AvgIpc) is 3.07. The lowest BCUT2D eigenvalue weighted by Gasteiger charge is -2.27. The third-order valence-corrected chi connectivity index (χ3v) is 5.36. The second-order valence-electron chi connectivity index (χ2n) is 6.76. The predicted octanol–water partition coefficient (Wildman–Crippen LogP) is 0.641. The maximum absolute atomic E-state index is 12.5. The van der Waals surface area contributed by atoms with Crippen molar-refractivity contribution in [1.29, 1.82) is 0 Å². The van der Waals surface area contributed by atoms with Crippen LogP contribution in [0, 0.1) is 17.8 Å². The molecule has 1 saturated carbocycles. The standard InChI is InChI=1S/C15H16BrNO5/c1-14(2,16)13(20)21-6-5-17-11(18)8-7-3-4-15(7)10(22-15)9(8)12(17)19/h3-4,7-10H,5-6H2,1-2H3. The van der Waals surface area contributed by atoms with E-state index in [9.17, 15) is 14.4 Å². The van der Waals surface area contributed by atoms with E-state index in [1.165, 1.54) is 4.90 Å². The van der Waals surface area contributed by atoms with Crippen LogP contribution in [0.4, 0.5) is 0 Å². The predicted molar refractivity (Wildman–Crippen MR) is 77.9 cm³/mol. The maximum Gasteiger partial charge on any atom is 0.322 e. The zero-order chi connectivity index (χ0) is 15.9. The summed E-state index contributed by atoms with van der Waals surface area (Å²) < 4.78 is 9.96. The lowest BCUT2D eigenvalue weighted by molar-refractivity contribution is -0.149. The van der Waals surface area contributed by atoms with Gasteiger partial charge in [-0.25, -0.2) is 0 Å². The van der Waals surface area contributed by atoms with Gasteiger partial charge in [0, 0.05) is 5.92 Å². The lowest BCUT2D eigenvalue weighted by atomic mass is 9.78. The molecule has 0 aromatic heterocycles. The van der Waals surface area contributed by atoms with Crippen LogP contribution in [0.1, 0.15) is 13.8 Å². The molecule has 5 unspecified atom stereocenters. The highest BCUT2D eigenvalue weighted by molar-refractivity contribution is 9.10. The third kappa shape index (κ3) is 1.66. The first kappa shape index (κ1) is 14.4. The third-order valence-electron chi connectivity index (χ3n) is 5.04. The van der Waals surface area contributed by atoms with Crippen molar-refractivity contribution in [3.05, 3.63) is 12.2 Å².